The summed E-state index contributed by atoms with van der Waals surface area (Å²) in [4.78, 5) is 27.1. The summed E-state index contributed by atoms with van der Waals surface area (Å²) in [6, 6.07) is 4.00. The third-order valence-corrected chi connectivity index (χ3v) is 5.80. The number of hydrogen-bond donors (Lipinski definition) is 4. The van der Waals surface area contributed by atoms with Crippen LogP contribution in [0.15, 0.2) is 47.1 Å². The molecule has 0 unspecified atom stereocenters. The Kier molecular flexibility index (Phi) is 4.80. The Hall–Kier alpha value is -3.88. The first-order chi connectivity index (χ1) is 15.4. The van der Waals surface area contributed by atoms with Crippen LogP contribution in [0.25, 0.3) is 0 Å². The molecule has 0 saturated heterocycles. The van der Waals surface area contributed by atoms with E-state index in [0.29, 0.717) is 18.1 Å². The topological polar surface area (TPSA) is 118 Å². The molecule has 4 heterocycles. The molecule has 0 aliphatic carbocycles. The minimum Gasteiger partial charge on any atom is -0.487 e. The molecule has 2 aromatic rings. The van der Waals surface area contributed by atoms with Gasteiger partial charge >= 0.3 is 0 Å². The monoisotopic (exact) mass is 431 g/mol. The lowest BCUT2D eigenvalue weighted by Gasteiger charge is -2.30. The van der Waals surface area contributed by atoms with Crippen LogP contribution in [0.5, 0.6) is 5.75 Å². The molecule has 0 bridgehead atoms. The van der Waals surface area contributed by atoms with Crippen LogP contribution in [-0.4, -0.2) is 40.5 Å². The van der Waals surface area contributed by atoms with Gasteiger partial charge in [-0.3, -0.25) is 4.79 Å². The average molecular weight is 432 g/mol. The number of benzene rings is 1. The standard InChI is InChI=1S/C23H25N7O2/c1-23(2)10-14-8-17(29-22(31)15(11-24)21-25-5-3-6-26-21)19(9-20(14)32-23)30-7-4-16-18(12-30)28-13-27-16/h3,5-6,8-9,11,13,24-25H,4,7,10,12H2,1-2H3,(H,27,28)(H,29,31)/b21-15-,24-11?. The third-order valence-electron chi connectivity index (χ3n) is 5.80. The molecule has 9 heteroatoms. The van der Waals surface area contributed by atoms with E-state index in [1.165, 1.54) is 0 Å². The Morgan fingerprint density at radius 3 is 3.03 bits per heavy atom. The van der Waals surface area contributed by atoms with E-state index in [9.17, 15) is 4.79 Å². The lowest BCUT2D eigenvalue weighted by Crippen LogP contribution is -2.31. The van der Waals surface area contributed by atoms with Crippen molar-refractivity contribution < 1.29 is 9.53 Å². The molecule has 9 nitrogen and oxygen atoms in total. The molecule has 1 amide bonds. The van der Waals surface area contributed by atoms with Crippen molar-refractivity contribution in [2.24, 2.45) is 4.99 Å². The van der Waals surface area contributed by atoms with Gasteiger partial charge in [0.05, 0.1) is 35.5 Å². The van der Waals surface area contributed by atoms with E-state index in [-0.39, 0.29) is 11.2 Å². The maximum atomic E-state index is 13.1. The number of nitrogens with zero attached hydrogens (tertiary/aromatic N) is 3. The molecule has 0 atom stereocenters. The average Bonchev–Trinajstić information content (AvgIpc) is 3.36. The van der Waals surface area contributed by atoms with Gasteiger partial charge in [-0.25, -0.2) is 9.98 Å². The normalized spacial score (nSPS) is 19.5. The fourth-order valence-corrected chi connectivity index (χ4v) is 4.32. The number of aromatic nitrogens is 2. The number of amides is 1. The number of allylic oxidation sites excluding steroid dienone is 1. The van der Waals surface area contributed by atoms with Gasteiger partial charge in [0.25, 0.3) is 5.91 Å². The van der Waals surface area contributed by atoms with Crippen LogP contribution in [0, 0.1) is 5.41 Å². The summed E-state index contributed by atoms with van der Waals surface area (Å²) >= 11 is 0. The number of carbonyl (C=O) groups is 1. The fraction of sp³-hybridized carbons (Fsp3) is 0.304. The van der Waals surface area contributed by atoms with E-state index in [1.807, 2.05) is 12.1 Å². The molecule has 3 aliphatic rings. The largest absolute Gasteiger partial charge is 0.487 e. The van der Waals surface area contributed by atoms with Gasteiger partial charge in [0.1, 0.15) is 17.2 Å². The zero-order valence-electron chi connectivity index (χ0n) is 18.0. The first-order valence-electron chi connectivity index (χ1n) is 10.6. The maximum absolute atomic E-state index is 13.1. The maximum Gasteiger partial charge on any atom is 0.261 e. The van der Waals surface area contributed by atoms with E-state index in [2.05, 4.69) is 44.3 Å². The zero-order chi connectivity index (χ0) is 22.3. The van der Waals surface area contributed by atoms with Crippen molar-refractivity contribution in [1.82, 2.24) is 15.3 Å². The van der Waals surface area contributed by atoms with Crippen molar-refractivity contribution in [3.05, 3.63) is 59.1 Å². The highest BCUT2D eigenvalue weighted by Gasteiger charge is 2.33. The second-order valence-corrected chi connectivity index (χ2v) is 8.66. The molecule has 3 aliphatic heterocycles. The van der Waals surface area contributed by atoms with E-state index in [0.717, 1.165) is 54.0 Å². The predicted octanol–water partition coefficient (Wildman–Crippen LogP) is 2.67. The Labute approximate surface area is 185 Å². The number of rotatable bonds is 4. The number of ether oxygens (including phenoxy) is 1. The van der Waals surface area contributed by atoms with Gasteiger partial charge in [-0.05, 0) is 26.0 Å². The number of nitrogens with one attached hydrogen (secondary N) is 4. The highest BCUT2D eigenvalue weighted by atomic mass is 16.5. The molecule has 0 fully saturated rings. The Morgan fingerprint density at radius 1 is 1.38 bits per heavy atom. The highest BCUT2D eigenvalue weighted by Crippen LogP contribution is 2.42. The molecule has 4 N–H and O–H groups in total. The number of imidazole rings is 1. The van der Waals surface area contributed by atoms with Gasteiger partial charge in [0.15, 0.2) is 0 Å². The van der Waals surface area contributed by atoms with E-state index >= 15 is 0 Å². The lowest BCUT2D eigenvalue weighted by atomic mass is 10.00. The van der Waals surface area contributed by atoms with Crippen molar-refractivity contribution in [3.8, 4) is 5.75 Å². The second-order valence-electron chi connectivity index (χ2n) is 8.66. The molecular weight excluding hydrogens is 406 g/mol. The van der Waals surface area contributed by atoms with Crippen molar-refractivity contribution >= 4 is 29.7 Å². The van der Waals surface area contributed by atoms with Crippen LogP contribution in [0.3, 0.4) is 0 Å². The molecule has 1 aromatic carbocycles. The number of aromatic amines is 1. The molecule has 0 saturated carbocycles. The van der Waals surface area contributed by atoms with Gasteiger partial charge in [-0.15, -0.1) is 0 Å². The first-order valence-corrected chi connectivity index (χ1v) is 10.6. The van der Waals surface area contributed by atoms with Crippen LogP contribution >= 0.6 is 0 Å². The van der Waals surface area contributed by atoms with E-state index in [4.69, 9.17) is 10.1 Å². The minimum absolute atomic E-state index is 0.154. The lowest BCUT2D eigenvalue weighted by molar-refractivity contribution is -0.112. The Balaban J connectivity index is 1.51. The summed E-state index contributed by atoms with van der Waals surface area (Å²) in [5, 5.41) is 13.7. The zero-order valence-corrected chi connectivity index (χ0v) is 18.0. The number of aliphatic imine (C=N–C) groups is 1. The van der Waals surface area contributed by atoms with E-state index in [1.54, 1.807) is 24.8 Å². The number of fused-ring (bicyclic) bond motifs is 2. The SMILES string of the molecule is CC1(C)Cc2cc(NC(=O)/C(C=N)=C3\N=CC=CN3)c(N3CCc4[nH]cnc4C3)cc2O1. The smallest absolute Gasteiger partial charge is 0.261 e. The van der Waals surface area contributed by atoms with Crippen LogP contribution in [-0.2, 0) is 24.2 Å². The molecule has 0 spiro atoms. The molecule has 164 valence electrons. The summed E-state index contributed by atoms with van der Waals surface area (Å²) in [5.41, 5.74) is 4.62. The van der Waals surface area contributed by atoms with Crippen LogP contribution in [0.1, 0.15) is 30.8 Å². The molecular formula is C23H25N7O2. The number of anilines is 2. The minimum atomic E-state index is -0.396. The molecule has 1 aromatic heterocycles. The van der Waals surface area contributed by atoms with Crippen molar-refractivity contribution in [1.29, 1.82) is 5.41 Å². The number of H-pyrrole nitrogens is 1. The van der Waals surface area contributed by atoms with Gasteiger partial charge in [-0.1, -0.05) is 0 Å². The van der Waals surface area contributed by atoms with Gasteiger partial charge < -0.3 is 30.7 Å². The van der Waals surface area contributed by atoms with Crippen LogP contribution < -0.4 is 20.3 Å². The van der Waals surface area contributed by atoms with Crippen molar-refractivity contribution in [3.63, 3.8) is 0 Å². The Morgan fingerprint density at radius 2 is 2.25 bits per heavy atom. The summed E-state index contributed by atoms with van der Waals surface area (Å²) in [6.45, 7) is 5.54. The molecule has 32 heavy (non-hydrogen) atoms. The number of carbonyl (C=O) groups excluding carboxylic acids is 1. The summed E-state index contributed by atoms with van der Waals surface area (Å²) in [5.74, 6) is 0.781. The van der Waals surface area contributed by atoms with Gasteiger partial charge in [0.2, 0.25) is 0 Å². The van der Waals surface area contributed by atoms with Crippen molar-refractivity contribution in [2.75, 3.05) is 16.8 Å². The van der Waals surface area contributed by atoms with Gasteiger partial charge in [-0.2, -0.15) is 0 Å². The summed E-state index contributed by atoms with van der Waals surface area (Å²) in [6.07, 6.45) is 9.32. The summed E-state index contributed by atoms with van der Waals surface area (Å²) in [7, 11) is 0. The molecule has 0 radical (unpaired) electrons. The van der Waals surface area contributed by atoms with Gasteiger partial charge in [0, 0.05) is 55.3 Å². The Bertz CT molecular complexity index is 1190. The number of hydrogen-bond acceptors (Lipinski definition) is 7. The fourth-order valence-electron chi connectivity index (χ4n) is 4.32. The highest BCUT2D eigenvalue weighted by molar-refractivity contribution is 6.18. The van der Waals surface area contributed by atoms with Crippen LogP contribution in [0.4, 0.5) is 11.4 Å². The molecule has 5 rings (SSSR count). The quantitative estimate of drug-likeness (QED) is 0.438. The predicted molar refractivity (Wildman–Crippen MR) is 123 cm³/mol. The third kappa shape index (κ3) is 3.66. The van der Waals surface area contributed by atoms with Crippen molar-refractivity contribution in [2.45, 2.75) is 38.8 Å². The van der Waals surface area contributed by atoms with Crippen LogP contribution in [0.2, 0.25) is 0 Å². The first kappa shape index (κ1) is 20.0. The second kappa shape index (κ2) is 7.67. The summed E-state index contributed by atoms with van der Waals surface area (Å²) < 4.78 is 6.16. The van der Waals surface area contributed by atoms with E-state index < -0.39 is 5.91 Å².